The van der Waals surface area contributed by atoms with Gasteiger partial charge >= 0.3 is 6.29 Å². The fourth-order valence-corrected chi connectivity index (χ4v) is 3.99. The number of pyridine rings is 2. The quantitative estimate of drug-likeness (QED) is 0.624. The number of aromatic nitrogens is 2. The van der Waals surface area contributed by atoms with E-state index in [1.165, 1.54) is 24.4 Å². The van der Waals surface area contributed by atoms with E-state index in [1.54, 1.807) is 24.3 Å². The molecule has 0 unspecified atom stereocenters. The van der Waals surface area contributed by atoms with Crippen molar-refractivity contribution < 1.29 is 24.5 Å². The van der Waals surface area contributed by atoms with Crippen LogP contribution in [0.5, 0.6) is 11.5 Å². The van der Waals surface area contributed by atoms with Crippen LogP contribution in [-0.2, 0) is 16.6 Å². The van der Waals surface area contributed by atoms with E-state index in [-0.39, 0.29) is 30.7 Å². The molecule has 0 amide bonds. The minimum Gasteiger partial charge on any atom is -0.395 e. The second kappa shape index (κ2) is 6.88. The lowest BCUT2D eigenvalue weighted by Crippen LogP contribution is -2.26. The van der Waals surface area contributed by atoms with Gasteiger partial charge in [-0.25, -0.2) is 0 Å². The lowest BCUT2D eigenvalue weighted by Gasteiger charge is -2.15. The maximum absolute atomic E-state index is 13.3. The minimum atomic E-state index is -3.70. The summed E-state index contributed by atoms with van der Waals surface area (Å²) >= 11 is 6.26. The topological polar surface area (TPSA) is 81.3 Å². The molecular weight excluding hydrogens is 430 g/mol. The summed E-state index contributed by atoms with van der Waals surface area (Å²) < 4.78 is 35.6. The molecule has 1 saturated carbocycles. The van der Waals surface area contributed by atoms with Gasteiger partial charge in [-0.2, -0.15) is 0 Å². The summed E-state index contributed by atoms with van der Waals surface area (Å²) in [4.78, 5) is 31.5. The van der Waals surface area contributed by atoms with Gasteiger partial charge in [0.1, 0.15) is 5.78 Å². The maximum Gasteiger partial charge on any atom is 0.586 e. The SMILES string of the molecule is O=C(Cc1ccc(Cl)c(-c2ccc(=O)[nH]c2)n1)C1(c2ccc3c(c2)OC(F)(F)O3)CC1.[HH]. The highest BCUT2D eigenvalue weighted by Gasteiger charge is 2.52. The number of hydrogen-bond donors (Lipinski definition) is 1. The number of rotatable bonds is 5. The van der Waals surface area contributed by atoms with E-state index >= 15 is 0 Å². The van der Waals surface area contributed by atoms with Crippen LogP contribution >= 0.6 is 11.6 Å². The highest BCUT2D eigenvalue weighted by molar-refractivity contribution is 6.33. The number of hydrogen-bond acceptors (Lipinski definition) is 5. The smallest absolute Gasteiger partial charge is 0.395 e. The van der Waals surface area contributed by atoms with Gasteiger partial charge in [-0.05, 0) is 48.7 Å². The van der Waals surface area contributed by atoms with Gasteiger partial charge in [0.25, 0.3) is 0 Å². The summed E-state index contributed by atoms with van der Waals surface area (Å²) in [6, 6.07) is 10.8. The summed E-state index contributed by atoms with van der Waals surface area (Å²) in [5.41, 5.74) is 1.22. The van der Waals surface area contributed by atoms with Crippen molar-refractivity contribution in [2.45, 2.75) is 31.0 Å². The number of nitrogens with one attached hydrogen (secondary N) is 1. The number of nitrogens with zero attached hydrogens (tertiary/aromatic N) is 1. The van der Waals surface area contributed by atoms with Crippen molar-refractivity contribution in [3.63, 3.8) is 0 Å². The summed E-state index contributed by atoms with van der Waals surface area (Å²) in [6.07, 6.45) is -0.914. The van der Waals surface area contributed by atoms with E-state index < -0.39 is 11.7 Å². The average Bonchev–Trinajstić information content (AvgIpc) is 3.47. The van der Waals surface area contributed by atoms with Crippen LogP contribution < -0.4 is 15.0 Å². The van der Waals surface area contributed by atoms with Crippen LogP contribution in [0.4, 0.5) is 8.78 Å². The minimum absolute atomic E-state index is 0. The van der Waals surface area contributed by atoms with Gasteiger partial charge in [0.2, 0.25) is 5.56 Å². The van der Waals surface area contributed by atoms with Gasteiger partial charge in [0.15, 0.2) is 11.5 Å². The Morgan fingerprint density at radius 1 is 1.13 bits per heavy atom. The molecule has 0 bridgehead atoms. The van der Waals surface area contributed by atoms with E-state index in [1.807, 2.05) is 0 Å². The molecule has 31 heavy (non-hydrogen) atoms. The molecule has 160 valence electrons. The number of ether oxygens (including phenoxy) is 2. The Morgan fingerprint density at radius 2 is 1.90 bits per heavy atom. The summed E-state index contributed by atoms with van der Waals surface area (Å²) in [7, 11) is 0. The Kier molecular flexibility index (Phi) is 4.37. The monoisotopic (exact) mass is 446 g/mol. The molecule has 1 aromatic carbocycles. The predicted octanol–water partition coefficient (Wildman–Crippen LogP) is 4.50. The predicted molar refractivity (Wildman–Crippen MR) is 110 cm³/mol. The molecular formula is C22H17ClF2N2O4. The summed E-state index contributed by atoms with van der Waals surface area (Å²) in [5, 5.41) is 0.390. The largest absolute Gasteiger partial charge is 0.586 e. The number of carbonyl (C=O) groups excluding carboxylic acids is 1. The van der Waals surface area contributed by atoms with Crippen molar-refractivity contribution >= 4 is 17.4 Å². The number of benzene rings is 1. The highest BCUT2D eigenvalue weighted by Crippen LogP contribution is 2.52. The number of Topliss-reactive ketones (excluding diaryl/α,β-unsaturated/α-hetero) is 1. The van der Waals surface area contributed by atoms with E-state index in [2.05, 4.69) is 19.4 Å². The number of aromatic amines is 1. The van der Waals surface area contributed by atoms with Crippen LogP contribution in [0.25, 0.3) is 11.3 Å². The first-order chi connectivity index (χ1) is 14.8. The van der Waals surface area contributed by atoms with Gasteiger partial charge in [-0.15, -0.1) is 8.78 Å². The first-order valence-electron chi connectivity index (χ1n) is 9.54. The second-order valence-corrected chi connectivity index (χ2v) is 7.99. The number of H-pyrrole nitrogens is 1. The standard InChI is InChI=1S/C22H15ClF2N2O4.H2/c23-15-4-3-14(27-20(15)12-1-6-19(29)26-11-12)10-18(28)21(7-8-21)13-2-5-16-17(9-13)31-22(24,25)30-16;/h1-6,9,11H,7-8,10H2,(H,26,29);1H. The fourth-order valence-electron chi connectivity index (χ4n) is 3.78. The summed E-state index contributed by atoms with van der Waals surface area (Å²) in [6.45, 7) is 0. The van der Waals surface area contributed by atoms with E-state index in [4.69, 9.17) is 11.6 Å². The van der Waals surface area contributed by atoms with Crippen LogP contribution in [0.3, 0.4) is 0 Å². The molecule has 0 radical (unpaired) electrons. The van der Waals surface area contributed by atoms with E-state index in [0.29, 0.717) is 40.4 Å². The molecule has 1 N–H and O–H groups in total. The van der Waals surface area contributed by atoms with Crippen molar-refractivity contribution in [3.8, 4) is 22.8 Å². The van der Waals surface area contributed by atoms with Crippen LogP contribution in [-0.4, -0.2) is 22.0 Å². The molecule has 9 heteroatoms. The Labute approximate surface area is 181 Å². The molecule has 0 saturated heterocycles. The van der Waals surface area contributed by atoms with Crippen LogP contribution in [0, 0.1) is 0 Å². The molecule has 1 aliphatic carbocycles. The maximum atomic E-state index is 13.3. The Morgan fingerprint density at radius 3 is 2.61 bits per heavy atom. The van der Waals surface area contributed by atoms with Gasteiger partial charge in [-0.3, -0.25) is 14.6 Å². The highest BCUT2D eigenvalue weighted by atomic mass is 35.5. The number of carbonyl (C=O) groups is 1. The number of halogens is 3. The van der Waals surface area contributed by atoms with Crippen LogP contribution in [0.2, 0.25) is 5.02 Å². The van der Waals surface area contributed by atoms with Gasteiger partial charge < -0.3 is 14.5 Å². The summed E-state index contributed by atoms with van der Waals surface area (Å²) in [5.74, 6) is -0.200. The zero-order valence-corrected chi connectivity index (χ0v) is 16.7. The fraction of sp³-hybridized carbons (Fsp3) is 0.227. The molecule has 3 aromatic rings. The third-order valence-electron chi connectivity index (χ3n) is 5.54. The third kappa shape index (κ3) is 3.57. The van der Waals surface area contributed by atoms with Crippen LogP contribution in [0.15, 0.2) is 53.5 Å². The molecule has 3 heterocycles. The zero-order chi connectivity index (χ0) is 21.8. The molecule has 1 fully saturated rings. The molecule has 0 spiro atoms. The van der Waals surface area contributed by atoms with E-state index in [9.17, 15) is 18.4 Å². The van der Waals surface area contributed by atoms with Crippen LogP contribution in [0.1, 0.15) is 25.5 Å². The zero-order valence-electron chi connectivity index (χ0n) is 16.0. The Bertz CT molecular complexity index is 1260. The molecule has 0 atom stereocenters. The number of fused-ring (bicyclic) bond motifs is 1. The third-order valence-corrected chi connectivity index (χ3v) is 5.85. The van der Waals surface area contributed by atoms with Gasteiger partial charge in [0, 0.05) is 31.4 Å². The molecule has 2 aromatic heterocycles. The van der Waals surface area contributed by atoms with Gasteiger partial charge in [-0.1, -0.05) is 17.7 Å². The molecule has 1 aliphatic heterocycles. The normalized spacial score (nSPS) is 17.4. The van der Waals surface area contributed by atoms with Crippen molar-refractivity contribution in [2.75, 3.05) is 0 Å². The lowest BCUT2D eigenvalue weighted by atomic mass is 9.88. The van der Waals surface area contributed by atoms with Gasteiger partial charge in [0.05, 0.1) is 16.1 Å². The van der Waals surface area contributed by atoms with Crippen molar-refractivity contribution in [2.24, 2.45) is 0 Å². The first kappa shape index (κ1) is 19.7. The molecule has 2 aliphatic rings. The van der Waals surface area contributed by atoms with Crippen molar-refractivity contribution in [1.29, 1.82) is 0 Å². The van der Waals surface area contributed by atoms with E-state index in [0.717, 1.165) is 0 Å². The van der Waals surface area contributed by atoms with Crippen molar-refractivity contribution in [1.82, 2.24) is 9.97 Å². The Hall–Kier alpha value is -3.26. The number of alkyl halides is 2. The second-order valence-electron chi connectivity index (χ2n) is 7.59. The molecule has 6 nitrogen and oxygen atoms in total. The lowest BCUT2D eigenvalue weighted by molar-refractivity contribution is -0.286. The molecule has 5 rings (SSSR count). The average molecular weight is 447 g/mol. The van der Waals surface area contributed by atoms with Crippen molar-refractivity contribution in [3.05, 3.63) is 75.3 Å². The first-order valence-corrected chi connectivity index (χ1v) is 9.92. The Balaban J connectivity index is 0.00000245. The number of ketones is 1.